The number of carbonyl (C=O) groups excluding carboxylic acids is 2. The van der Waals surface area contributed by atoms with Crippen molar-refractivity contribution in [1.82, 2.24) is 15.1 Å². The number of carbonyl (C=O) groups is 3. The van der Waals surface area contributed by atoms with Crippen molar-refractivity contribution in [2.45, 2.75) is 25.3 Å². The third-order valence-corrected chi connectivity index (χ3v) is 5.07. The quantitative estimate of drug-likeness (QED) is 0.549. The third-order valence-electron chi connectivity index (χ3n) is 4.49. The molecule has 0 bridgehead atoms. The third kappa shape index (κ3) is 7.02. The highest BCUT2D eigenvalue weighted by atomic mass is 32.2. The summed E-state index contributed by atoms with van der Waals surface area (Å²) in [5, 5.41) is 11.5. The first-order valence-corrected chi connectivity index (χ1v) is 10.3. The second-order valence-electron chi connectivity index (χ2n) is 6.55. The number of amides is 2. The minimum atomic E-state index is -2.17. The van der Waals surface area contributed by atoms with Crippen LogP contribution in [0.5, 0.6) is 0 Å². The van der Waals surface area contributed by atoms with E-state index in [1.165, 1.54) is 0 Å². The van der Waals surface area contributed by atoms with E-state index in [1.54, 1.807) is 40.1 Å². The van der Waals surface area contributed by atoms with Crippen LogP contribution in [-0.2, 0) is 20.7 Å². The minimum Gasteiger partial charge on any atom is -0.771 e. The molecule has 2 unspecified atom stereocenters. The molecule has 154 valence electrons. The average molecular weight is 410 g/mol. The van der Waals surface area contributed by atoms with E-state index >= 15 is 0 Å². The summed E-state index contributed by atoms with van der Waals surface area (Å²) >= 11 is -2.17. The lowest BCUT2D eigenvalue weighted by molar-refractivity contribution is -0.138. The minimum absolute atomic E-state index is 0.0746. The number of nitrogens with one attached hydrogen (secondary N) is 1. The Bertz CT molecular complexity index is 707. The van der Waals surface area contributed by atoms with Crippen LogP contribution in [0.1, 0.15) is 29.6 Å². The molecule has 10 heteroatoms. The Kier molecular flexibility index (Phi) is 8.55. The van der Waals surface area contributed by atoms with Gasteiger partial charge in [0.05, 0.1) is 5.88 Å². The molecule has 1 heterocycles. The molecule has 1 fully saturated rings. The van der Waals surface area contributed by atoms with Crippen molar-refractivity contribution in [1.29, 1.82) is 0 Å². The molecule has 1 aromatic rings. The van der Waals surface area contributed by atoms with Crippen LogP contribution >= 0.6 is 0 Å². The van der Waals surface area contributed by atoms with Crippen molar-refractivity contribution < 1.29 is 28.3 Å². The second-order valence-corrected chi connectivity index (χ2v) is 7.42. The normalized spacial score (nSPS) is 17.0. The predicted octanol–water partition coefficient (Wildman–Crippen LogP) is 0.0207. The smallest absolute Gasteiger partial charge is 0.303 e. The number of rotatable bonds is 9. The van der Waals surface area contributed by atoms with Crippen molar-refractivity contribution in [2.75, 3.05) is 32.1 Å². The van der Waals surface area contributed by atoms with E-state index in [0.717, 1.165) is 0 Å². The molecular weight excluding hydrogens is 386 g/mol. The van der Waals surface area contributed by atoms with Gasteiger partial charge in [-0.1, -0.05) is 18.2 Å². The van der Waals surface area contributed by atoms with Crippen molar-refractivity contribution in [3.05, 3.63) is 35.9 Å². The summed E-state index contributed by atoms with van der Waals surface area (Å²) in [6, 6.07) is 7.66. The summed E-state index contributed by atoms with van der Waals surface area (Å²) in [5.41, 5.74) is 0.418. The molecule has 1 aromatic carbocycles. The van der Waals surface area contributed by atoms with Gasteiger partial charge in [0.1, 0.15) is 6.04 Å². The highest BCUT2D eigenvalue weighted by Crippen LogP contribution is 2.10. The summed E-state index contributed by atoms with van der Waals surface area (Å²) < 4.78 is 21.6. The van der Waals surface area contributed by atoms with Gasteiger partial charge in [-0.15, -0.1) is 0 Å². The molecular formula is C18H24N3O6S-. The molecule has 0 aromatic heterocycles. The van der Waals surface area contributed by atoms with Gasteiger partial charge in [-0.2, -0.15) is 0 Å². The number of hydrogen-bond donors (Lipinski definition) is 2. The standard InChI is InChI=1S/C18H25N3O6S/c22-16(23)8-4-7-15(19-17(24)14-5-2-1-3-6-14)18(25)21-11-9-20(10-12-21)13-28(26)27/h1-3,5-6,15H,4,7-13H2,(H,19,24)(H,22,23)(H,26,27)/p-1. The molecule has 1 aliphatic heterocycles. The van der Waals surface area contributed by atoms with Crippen molar-refractivity contribution in [2.24, 2.45) is 0 Å². The molecule has 0 saturated carbocycles. The topological polar surface area (TPSA) is 130 Å². The molecule has 2 N–H and O–H groups in total. The fraction of sp³-hybridized carbons (Fsp3) is 0.500. The summed E-state index contributed by atoms with van der Waals surface area (Å²) in [6.07, 6.45) is 0.387. The highest BCUT2D eigenvalue weighted by molar-refractivity contribution is 7.79. The fourth-order valence-corrected chi connectivity index (χ4v) is 3.57. The maximum Gasteiger partial charge on any atom is 0.303 e. The van der Waals surface area contributed by atoms with Gasteiger partial charge in [0.2, 0.25) is 5.91 Å². The second kappa shape index (κ2) is 10.9. The van der Waals surface area contributed by atoms with Gasteiger partial charge in [-0.25, -0.2) is 0 Å². The van der Waals surface area contributed by atoms with Crippen LogP contribution < -0.4 is 5.32 Å². The first-order chi connectivity index (χ1) is 13.4. The number of aliphatic carboxylic acids is 1. The lowest BCUT2D eigenvalue weighted by Crippen LogP contribution is -2.55. The molecule has 2 amide bonds. The Morgan fingerprint density at radius 1 is 1.14 bits per heavy atom. The van der Waals surface area contributed by atoms with Crippen molar-refractivity contribution >= 4 is 28.9 Å². The van der Waals surface area contributed by atoms with E-state index in [4.69, 9.17) is 5.11 Å². The Morgan fingerprint density at radius 3 is 2.36 bits per heavy atom. The van der Waals surface area contributed by atoms with Crippen LogP contribution in [0.3, 0.4) is 0 Å². The van der Waals surface area contributed by atoms with Crippen LogP contribution in [0, 0.1) is 0 Å². The van der Waals surface area contributed by atoms with Crippen molar-refractivity contribution in [3.63, 3.8) is 0 Å². The Hall–Kier alpha value is -2.30. The molecule has 2 rings (SSSR count). The van der Waals surface area contributed by atoms with Gasteiger partial charge in [0.15, 0.2) is 0 Å². The van der Waals surface area contributed by atoms with Gasteiger partial charge >= 0.3 is 5.97 Å². The number of piperazine rings is 1. The summed E-state index contributed by atoms with van der Waals surface area (Å²) in [4.78, 5) is 39.4. The van der Waals surface area contributed by atoms with Crippen LogP contribution in [-0.4, -0.2) is 79.5 Å². The van der Waals surface area contributed by atoms with Crippen LogP contribution in [0.25, 0.3) is 0 Å². The molecule has 28 heavy (non-hydrogen) atoms. The van der Waals surface area contributed by atoms with Gasteiger partial charge in [-0.3, -0.25) is 23.5 Å². The zero-order valence-electron chi connectivity index (χ0n) is 15.4. The number of carboxylic acids is 1. The number of hydrogen-bond acceptors (Lipinski definition) is 6. The van der Waals surface area contributed by atoms with E-state index in [-0.39, 0.29) is 31.0 Å². The number of carboxylic acid groups (broad SMARTS) is 1. The molecule has 0 aliphatic carbocycles. The predicted molar refractivity (Wildman–Crippen MR) is 101 cm³/mol. The zero-order valence-corrected chi connectivity index (χ0v) is 16.2. The van der Waals surface area contributed by atoms with E-state index < -0.39 is 29.0 Å². The molecule has 9 nitrogen and oxygen atoms in total. The molecule has 1 saturated heterocycles. The largest absolute Gasteiger partial charge is 0.771 e. The van der Waals surface area contributed by atoms with Gasteiger partial charge < -0.3 is 19.9 Å². The van der Waals surface area contributed by atoms with Gasteiger partial charge in [0.25, 0.3) is 5.91 Å². The van der Waals surface area contributed by atoms with E-state index in [2.05, 4.69) is 5.32 Å². The highest BCUT2D eigenvalue weighted by Gasteiger charge is 2.28. The SMILES string of the molecule is O=C(O)CCCC(NC(=O)c1ccccc1)C(=O)N1CCN(CS(=O)[O-])CC1. The van der Waals surface area contributed by atoms with Crippen molar-refractivity contribution in [3.8, 4) is 0 Å². The first kappa shape index (κ1) is 22.0. The van der Waals surface area contributed by atoms with Gasteiger partial charge in [0, 0.05) is 38.2 Å². The van der Waals surface area contributed by atoms with E-state index in [1.807, 2.05) is 0 Å². The van der Waals surface area contributed by atoms with Crippen LogP contribution in [0.2, 0.25) is 0 Å². The number of benzene rings is 1. The Balaban J connectivity index is 1.99. The van der Waals surface area contributed by atoms with Crippen LogP contribution in [0.15, 0.2) is 30.3 Å². The van der Waals surface area contributed by atoms with E-state index in [9.17, 15) is 23.1 Å². The Morgan fingerprint density at radius 2 is 1.79 bits per heavy atom. The lowest BCUT2D eigenvalue weighted by atomic mass is 10.1. The van der Waals surface area contributed by atoms with Crippen LogP contribution in [0.4, 0.5) is 0 Å². The maximum absolute atomic E-state index is 12.9. The molecule has 0 radical (unpaired) electrons. The van der Waals surface area contributed by atoms with E-state index in [0.29, 0.717) is 31.7 Å². The molecule has 2 atom stereocenters. The summed E-state index contributed by atoms with van der Waals surface area (Å²) in [7, 11) is 0. The molecule has 0 spiro atoms. The average Bonchev–Trinajstić information content (AvgIpc) is 2.67. The van der Waals surface area contributed by atoms with Gasteiger partial charge in [-0.05, 0) is 36.1 Å². The first-order valence-electron chi connectivity index (χ1n) is 9.01. The lowest BCUT2D eigenvalue weighted by Gasteiger charge is -2.36. The number of nitrogens with zero attached hydrogens (tertiary/aromatic N) is 2. The molecule has 1 aliphatic rings. The fourth-order valence-electron chi connectivity index (χ4n) is 3.01. The summed E-state index contributed by atoms with van der Waals surface area (Å²) in [5.74, 6) is -1.71. The summed E-state index contributed by atoms with van der Waals surface area (Å²) in [6.45, 7) is 1.56. The maximum atomic E-state index is 12.9. The Labute approximate surface area is 166 Å². The zero-order chi connectivity index (χ0) is 20.5. The monoisotopic (exact) mass is 410 g/mol.